The van der Waals surface area contributed by atoms with Crippen LogP contribution in [0, 0.1) is 5.92 Å². The highest BCUT2D eigenvalue weighted by atomic mass is 79.9. The minimum atomic E-state index is 0.460. The zero-order valence-corrected chi connectivity index (χ0v) is 14.0. The standard InChI is InChI=1S/C15H22BrClN2/c1-18-10-11-5-3-4-8-19(2)15(11)13-7-6-12(17)9-14(13)16/h6-7,9,11,15,18H,3-5,8,10H2,1-2H3. The number of benzene rings is 1. The molecule has 1 N–H and O–H groups in total. The van der Waals surface area contributed by atoms with Crippen LogP contribution in [-0.2, 0) is 0 Å². The molecule has 2 nitrogen and oxygen atoms in total. The second kappa shape index (κ2) is 7.07. The van der Waals surface area contributed by atoms with Gasteiger partial charge in [-0.3, -0.25) is 4.90 Å². The fourth-order valence-corrected chi connectivity index (χ4v) is 4.05. The van der Waals surface area contributed by atoms with Crippen LogP contribution in [0.15, 0.2) is 22.7 Å². The van der Waals surface area contributed by atoms with Crippen LogP contribution in [0.1, 0.15) is 30.9 Å². The Kier molecular flexibility index (Phi) is 5.70. The van der Waals surface area contributed by atoms with Crippen molar-refractivity contribution in [1.82, 2.24) is 10.2 Å². The Morgan fingerprint density at radius 1 is 1.42 bits per heavy atom. The van der Waals surface area contributed by atoms with Crippen molar-refractivity contribution in [2.45, 2.75) is 25.3 Å². The molecule has 1 heterocycles. The normalized spacial score (nSPS) is 25.3. The van der Waals surface area contributed by atoms with Gasteiger partial charge in [-0.05, 0) is 63.6 Å². The molecule has 19 heavy (non-hydrogen) atoms. The number of nitrogens with zero attached hydrogens (tertiary/aromatic N) is 1. The molecule has 1 aliphatic heterocycles. The number of nitrogens with one attached hydrogen (secondary N) is 1. The second-order valence-corrected chi connectivity index (χ2v) is 6.70. The molecule has 1 aromatic carbocycles. The molecule has 2 rings (SSSR count). The van der Waals surface area contributed by atoms with E-state index >= 15 is 0 Å². The van der Waals surface area contributed by atoms with Crippen molar-refractivity contribution in [1.29, 1.82) is 0 Å². The highest BCUT2D eigenvalue weighted by molar-refractivity contribution is 9.10. The Morgan fingerprint density at radius 2 is 2.21 bits per heavy atom. The lowest BCUT2D eigenvalue weighted by Gasteiger charge is -2.33. The van der Waals surface area contributed by atoms with Gasteiger partial charge in [-0.15, -0.1) is 0 Å². The average molecular weight is 346 g/mol. The Morgan fingerprint density at radius 3 is 2.89 bits per heavy atom. The Labute approximate surface area is 129 Å². The molecule has 106 valence electrons. The maximum atomic E-state index is 6.07. The molecule has 1 fully saturated rings. The first-order valence-electron chi connectivity index (χ1n) is 6.93. The third-order valence-corrected chi connectivity index (χ3v) is 4.93. The Balaban J connectivity index is 2.34. The van der Waals surface area contributed by atoms with Crippen LogP contribution in [-0.4, -0.2) is 32.1 Å². The predicted molar refractivity (Wildman–Crippen MR) is 85.8 cm³/mol. The molecule has 0 aromatic heterocycles. The summed E-state index contributed by atoms with van der Waals surface area (Å²) >= 11 is 9.75. The van der Waals surface area contributed by atoms with Crippen LogP contribution >= 0.6 is 27.5 Å². The summed E-state index contributed by atoms with van der Waals surface area (Å²) in [5.41, 5.74) is 1.36. The lowest BCUT2D eigenvalue weighted by atomic mass is 9.89. The van der Waals surface area contributed by atoms with E-state index in [1.165, 1.54) is 31.4 Å². The summed E-state index contributed by atoms with van der Waals surface area (Å²) in [7, 11) is 4.28. The molecule has 0 aliphatic carbocycles. The van der Waals surface area contributed by atoms with Crippen LogP contribution in [0.25, 0.3) is 0 Å². The number of hydrogen-bond acceptors (Lipinski definition) is 2. The van der Waals surface area contributed by atoms with Crippen molar-refractivity contribution in [3.05, 3.63) is 33.3 Å². The zero-order chi connectivity index (χ0) is 13.8. The molecule has 0 amide bonds. The number of rotatable bonds is 3. The van der Waals surface area contributed by atoms with Crippen LogP contribution in [0.2, 0.25) is 5.02 Å². The Bertz CT molecular complexity index is 425. The summed E-state index contributed by atoms with van der Waals surface area (Å²) in [6.45, 7) is 2.23. The lowest BCUT2D eigenvalue weighted by molar-refractivity contribution is 0.190. The van der Waals surface area contributed by atoms with E-state index in [1.54, 1.807) is 0 Å². The van der Waals surface area contributed by atoms with E-state index in [9.17, 15) is 0 Å². The van der Waals surface area contributed by atoms with Crippen LogP contribution < -0.4 is 5.32 Å². The van der Waals surface area contributed by atoms with E-state index in [0.717, 1.165) is 16.0 Å². The fraction of sp³-hybridized carbons (Fsp3) is 0.600. The molecule has 2 atom stereocenters. The molecule has 1 aromatic rings. The van der Waals surface area contributed by atoms with Crippen molar-refractivity contribution in [3.63, 3.8) is 0 Å². The first-order valence-corrected chi connectivity index (χ1v) is 8.10. The van der Waals surface area contributed by atoms with Crippen molar-refractivity contribution >= 4 is 27.5 Å². The van der Waals surface area contributed by atoms with E-state index in [4.69, 9.17) is 11.6 Å². The van der Waals surface area contributed by atoms with Gasteiger partial charge in [0.2, 0.25) is 0 Å². The monoisotopic (exact) mass is 344 g/mol. The lowest BCUT2D eigenvalue weighted by Crippen LogP contribution is -2.34. The summed E-state index contributed by atoms with van der Waals surface area (Å²) in [4.78, 5) is 2.49. The summed E-state index contributed by atoms with van der Waals surface area (Å²) in [6.07, 6.45) is 3.89. The van der Waals surface area contributed by atoms with Gasteiger partial charge < -0.3 is 5.32 Å². The van der Waals surface area contributed by atoms with Crippen LogP contribution in [0.3, 0.4) is 0 Å². The average Bonchev–Trinajstić information content (AvgIpc) is 2.53. The second-order valence-electron chi connectivity index (χ2n) is 5.40. The largest absolute Gasteiger partial charge is 0.319 e. The minimum Gasteiger partial charge on any atom is -0.319 e. The highest BCUT2D eigenvalue weighted by Crippen LogP contribution is 2.38. The Hall–Kier alpha value is -0.0900. The van der Waals surface area contributed by atoms with Crippen molar-refractivity contribution in [3.8, 4) is 0 Å². The van der Waals surface area contributed by atoms with Gasteiger partial charge in [-0.25, -0.2) is 0 Å². The van der Waals surface area contributed by atoms with Crippen molar-refractivity contribution in [2.75, 3.05) is 27.2 Å². The number of halogens is 2. The predicted octanol–water partition coefficient (Wildman–Crippen LogP) is 4.09. The quantitative estimate of drug-likeness (QED) is 0.887. The SMILES string of the molecule is CNCC1CCCCN(C)C1c1ccc(Cl)cc1Br. The van der Waals surface area contributed by atoms with Gasteiger partial charge >= 0.3 is 0 Å². The molecule has 1 saturated heterocycles. The van der Waals surface area contributed by atoms with Gasteiger partial charge in [-0.1, -0.05) is 40.0 Å². The van der Waals surface area contributed by atoms with E-state index in [0.29, 0.717) is 12.0 Å². The summed E-state index contributed by atoms with van der Waals surface area (Å²) in [5, 5.41) is 4.14. The van der Waals surface area contributed by atoms with Crippen LogP contribution in [0.4, 0.5) is 0 Å². The molecular formula is C15H22BrClN2. The van der Waals surface area contributed by atoms with E-state index in [2.05, 4.69) is 39.3 Å². The molecule has 0 spiro atoms. The van der Waals surface area contributed by atoms with Gasteiger partial charge in [-0.2, -0.15) is 0 Å². The van der Waals surface area contributed by atoms with E-state index in [1.807, 2.05) is 19.2 Å². The van der Waals surface area contributed by atoms with E-state index in [-0.39, 0.29) is 0 Å². The third-order valence-electron chi connectivity index (χ3n) is 4.00. The molecular weight excluding hydrogens is 324 g/mol. The first-order chi connectivity index (χ1) is 9.13. The molecule has 0 bridgehead atoms. The fourth-order valence-electron chi connectivity index (χ4n) is 3.13. The summed E-state index contributed by atoms with van der Waals surface area (Å²) in [5.74, 6) is 0.648. The minimum absolute atomic E-state index is 0.460. The van der Waals surface area contributed by atoms with Gasteiger partial charge in [0, 0.05) is 15.5 Å². The van der Waals surface area contributed by atoms with E-state index < -0.39 is 0 Å². The first kappa shape index (κ1) is 15.3. The van der Waals surface area contributed by atoms with Gasteiger partial charge in [0.1, 0.15) is 0 Å². The smallest absolute Gasteiger partial charge is 0.0417 e. The highest BCUT2D eigenvalue weighted by Gasteiger charge is 2.29. The topological polar surface area (TPSA) is 15.3 Å². The maximum Gasteiger partial charge on any atom is 0.0417 e. The van der Waals surface area contributed by atoms with Gasteiger partial charge in [0.15, 0.2) is 0 Å². The van der Waals surface area contributed by atoms with Crippen molar-refractivity contribution < 1.29 is 0 Å². The molecule has 2 unspecified atom stereocenters. The van der Waals surface area contributed by atoms with Crippen molar-refractivity contribution in [2.24, 2.45) is 5.92 Å². The number of likely N-dealkylation sites (tertiary alicyclic amines) is 1. The van der Waals surface area contributed by atoms with Gasteiger partial charge in [0.05, 0.1) is 0 Å². The number of hydrogen-bond donors (Lipinski definition) is 1. The van der Waals surface area contributed by atoms with Crippen LogP contribution in [0.5, 0.6) is 0 Å². The van der Waals surface area contributed by atoms with Gasteiger partial charge in [0.25, 0.3) is 0 Å². The maximum absolute atomic E-state index is 6.07. The third kappa shape index (κ3) is 3.72. The molecule has 4 heteroatoms. The molecule has 0 radical (unpaired) electrons. The molecule has 1 aliphatic rings. The zero-order valence-electron chi connectivity index (χ0n) is 11.6. The molecule has 0 saturated carbocycles. The summed E-state index contributed by atoms with van der Waals surface area (Å²) in [6, 6.07) is 6.63. The summed E-state index contributed by atoms with van der Waals surface area (Å²) < 4.78 is 1.12.